The van der Waals surface area contributed by atoms with E-state index in [1.807, 2.05) is 0 Å². The lowest BCUT2D eigenvalue weighted by Gasteiger charge is -2.35. The molecule has 7 unspecified atom stereocenters. The number of hydroxylamine groups is 2. The SMILES string of the molecule is C=C(C)C(=O)OCC(=O)N1OCC2C3CC(C4CC(F)CC34)C21. The highest BCUT2D eigenvalue weighted by Gasteiger charge is 2.64. The molecular formula is C17H22FNO4. The van der Waals surface area contributed by atoms with Gasteiger partial charge in [0.1, 0.15) is 6.17 Å². The molecule has 7 atom stereocenters. The zero-order valence-corrected chi connectivity index (χ0v) is 13.2. The highest BCUT2D eigenvalue weighted by Crippen LogP contribution is 2.63. The Labute approximate surface area is 134 Å². The molecule has 4 fully saturated rings. The summed E-state index contributed by atoms with van der Waals surface area (Å²) in [6, 6.07) is 0.0302. The molecule has 3 aliphatic carbocycles. The third-order valence-electron chi connectivity index (χ3n) is 6.28. The molecule has 1 amide bonds. The summed E-state index contributed by atoms with van der Waals surface area (Å²) in [5.41, 5.74) is 0.265. The summed E-state index contributed by atoms with van der Waals surface area (Å²) in [7, 11) is 0. The number of alkyl halides is 1. The van der Waals surface area contributed by atoms with Crippen LogP contribution in [0.1, 0.15) is 26.2 Å². The van der Waals surface area contributed by atoms with E-state index in [1.54, 1.807) is 6.92 Å². The molecule has 5 nitrogen and oxygen atoms in total. The van der Waals surface area contributed by atoms with E-state index in [-0.39, 0.29) is 24.1 Å². The molecule has 0 radical (unpaired) electrons. The second-order valence-corrected chi connectivity index (χ2v) is 7.49. The fourth-order valence-corrected chi connectivity index (χ4v) is 5.52. The summed E-state index contributed by atoms with van der Waals surface area (Å²) in [5.74, 6) is 1.07. The average Bonchev–Trinajstić information content (AvgIpc) is 3.20. The summed E-state index contributed by atoms with van der Waals surface area (Å²) >= 11 is 0. The minimum atomic E-state index is -0.685. The van der Waals surface area contributed by atoms with E-state index >= 15 is 0 Å². The maximum absolute atomic E-state index is 13.8. The normalized spacial score (nSPS) is 43.4. The molecule has 0 aromatic rings. The van der Waals surface area contributed by atoms with Gasteiger partial charge in [-0.25, -0.2) is 14.2 Å². The molecule has 0 N–H and O–H groups in total. The fourth-order valence-electron chi connectivity index (χ4n) is 5.52. The Balaban J connectivity index is 1.44. The zero-order valence-electron chi connectivity index (χ0n) is 13.2. The molecule has 1 saturated heterocycles. The van der Waals surface area contributed by atoms with Crippen molar-refractivity contribution in [1.29, 1.82) is 0 Å². The van der Waals surface area contributed by atoms with Crippen molar-refractivity contribution in [1.82, 2.24) is 5.06 Å². The van der Waals surface area contributed by atoms with Crippen LogP contribution in [0.15, 0.2) is 12.2 Å². The lowest BCUT2D eigenvalue weighted by molar-refractivity contribution is -0.186. The van der Waals surface area contributed by atoms with Gasteiger partial charge in [0.25, 0.3) is 5.91 Å². The highest BCUT2D eigenvalue weighted by molar-refractivity contribution is 5.89. The number of fused-ring (bicyclic) bond motifs is 8. The Morgan fingerprint density at radius 2 is 1.83 bits per heavy atom. The first-order valence-corrected chi connectivity index (χ1v) is 8.39. The maximum Gasteiger partial charge on any atom is 0.333 e. The molecule has 3 saturated carbocycles. The molecule has 0 aromatic heterocycles. The van der Waals surface area contributed by atoms with Gasteiger partial charge in [0.05, 0.1) is 12.6 Å². The zero-order chi connectivity index (χ0) is 16.3. The van der Waals surface area contributed by atoms with Crippen LogP contribution in [0.3, 0.4) is 0 Å². The number of carbonyl (C=O) groups excluding carboxylic acids is 2. The Hall–Kier alpha value is -1.43. The molecule has 0 aromatic carbocycles. The second kappa shape index (κ2) is 5.30. The number of esters is 1. The molecule has 1 heterocycles. The second-order valence-electron chi connectivity index (χ2n) is 7.49. The molecule has 1 aliphatic heterocycles. The quantitative estimate of drug-likeness (QED) is 0.588. The van der Waals surface area contributed by atoms with Crippen molar-refractivity contribution in [3.05, 3.63) is 12.2 Å². The third kappa shape index (κ3) is 2.22. The van der Waals surface area contributed by atoms with E-state index in [0.717, 1.165) is 6.42 Å². The van der Waals surface area contributed by atoms with Crippen LogP contribution in [-0.4, -0.2) is 42.4 Å². The van der Waals surface area contributed by atoms with Crippen LogP contribution in [-0.2, 0) is 19.2 Å². The number of hydrogen-bond acceptors (Lipinski definition) is 4. The van der Waals surface area contributed by atoms with Crippen molar-refractivity contribution in [3.63, 3.8) is 0 Å². The Kier molecular flexibility index (Phi) is 3.48. The minimum Gasteiger partial charge on any atom is -0.452 e. The van der Waals surface area contributed by atoms with Gasteiger partial charge in [0.15, 0.2) is 6.61 Å². The van der Waals surface area contributed by atoms with Gasteiger partial charge in [-0.3, -0.25) is 9.63 Å². The lowest BCUT2D eigenvalue weighted by Crippen LogP contribution is -2.45. The first-order chi connectivity index (χ1) is 11.0. The number of nitrogens with zero attached hydrogens (tertiary/aromatic N) is 1. The molecule has 4 rings (SSSR count). The van der Waals surface area contributed by atoms with E-state index < -0.39 is 12.1 Å². The standard InChI is InChI=1S/C17H22FNO4/c1-8(2)17(21)22-7-15(20)19-16-13-5-12(14(16)6-23-19)10-3-9(18)4-11(10)13/h9-14,16H,1,3-7H2,2H3. The molecular weight excluding hydrogens is 301 g/mol. The van der Waals surface area contributed by atoms with Crippen molar-refractivity contribution in [3.8, 4) is 0 Å². The van der Waals surface area contributed by atoms with Gasteiger partial charge >= 0.3 is 5.97 Å². The largest absolute Gasteiger partial charge is 0.452 e. The molecule has 0 spiro atoms. The maximum atomic E-state index is 13.8. The summed E-state index contributed by atoms with van der Waals surface area (Å²) in [5, 5.41) is 1.42. The summed E-state index contributed by atoms with van der Waals surface area (Å²) in [4.78, 5) is 29.4. The van der Waals surface area contributed by atoms with Crippen LogP contribution in [0.5, 0.6) is 0 Å². The van der Waals surface area contributed by atoms with Crippen LogP contribution in [0, 0.1) is 29.6 Å². The van der Waals surface area contributed by atoms with Gasteiger partial charge in [-0.1, -0.05) is 6.58 Å². The van der Waals surface area contributed by atoms with Crippen LogP contribution in [0.2, 0.25) is 0 Å². The molecule has 6 heteroatoms. The van der Waals surface area contributed by atoms with Gasteiger partial charge in [-0.2, -0.15) is 0 Å². The summed E-state index contributed by atoms with van der Waals surface area (Å²) < 4.78 is 18.7. The number of hydrogen-bond donors (Lipinski definition) is 0. The Bertz CT molecular complexity index is 565. The first kappa shape index (κ1) is 15.1. The van der Waals surface area contributed by atoms with Gasteiger partial charge in [-0.15, -0.1) is 0 Å². The van der Waals surface area contributed by atoms with Crippen molar-refractivity contribution in [2.75, 3.05) is 13.2 Å². The summed E-state index contributed by atoms with van der Waals surface area (Å²) in [6.07, 6.45) is 1.70. The summed E-state index contributed by atoms with van der Waals surface area (Å²) in [6.45, 7) is 5.23. The van der Waals surface area contributed by atoms with Crippen molar-refractivity contribution in [2.24, 2.45) is 29.6 Å². The molecule has 23 heavy (non-hydrogen) atoms. The molecule has 126 valence electrons. The number of rotatable bonds is 3. The minimum absolute atomic E-state index is 0.0302. The first-order valence-electron chi connectivity index (χ1n) is 8.39. The number of ether oxygens (including phenoxy) is 1. The molecule has 4 aliphatic rings. The van der Waals surface area contributed by atoms with Crippen LogP contribution >= 0.6 is 0 Å². The smallest absolute Gasteiger partial charge is 0.333 e. The van der Waals surface area contributed by atoms with Gasteiger partial charge < -0.3 is 4.74 Å². The molecule has 2 bridgehead atoms. The van der Waals surface area contributed by atoms with E-state index in [0.29, 0.717) is 49.0 Å². The van der Waals surface area contributed by atoms with Crippen LogP contribution in [0.25, 0.3) is 0 Å². The Morgan fingerprint density at radius 3 is 2.52 bits per heavy atom. The third-order valence-corrected chi connectivity index (χ3v) is 6.28. The van der Waals surface area contributed by atoms with Crippen molar-refractivity contribution >= 4 is 11.9 Å². The number of carbonyl (C=O) groups is 2. The van der Waals surface area contributed by atoms with E-state index in [2.05, 4.69) is 6.58 Å². The van der Waals surface area contributed by atoms with Crippen LogP contribution in [0.4, 0.5) is 4.39 Å². The van der Waals surface area contributed by atoms with Crippen LogP contribution < -0.4 is 0 Å². The highest BCUT2D eigenvalue weighted by atomic mass is 19.1. The number of amides is 1. The number of halogens is 1. The van der Waals surface area contributed by atoms with E-state index in [1.165, 1.54) is 5.06 Å². The van der Waals surface area contributed by atoms with E-state index in [4.69, 9.17) is 9.57 Å². The van der Waals surface area contributed by atoms with E-state index in [9.17, 15) is 14.0 Å². The topological polar surface area (TPSA) is 55.8 Å². The predicted molar refractivity (Wildman–Crippen MR) is 78.6 cm³/mol. The van der Waals surface area contributed by atoms with Gasteiger partial charge in [-0.05, 0) is 49.9 Å². The lowest BCUT2D eigenvalue weighted by atomic mass is 9.73. The predicted octanol–water partition coefficient (Wildman–Crippen LogP) is 1.88. The van der Waals surface area contributed by atoms with Gasteiger partial charge in [0, 0.05) is 11.5 Å². The Morgan fingerprint density at radius 1 is 1.17 bits per heavy atom. The van der Waals surface area contributed by atoms with Crippen molar-refractivity contribution in [2.45, 2.75) is 38.4 Å². The monoisotopic (exact) mass is 323 g/mol. The average molecular weight is 323 g/mol. The van der Waals surface area contributed by atoms with Gasteiger partial charge in [0.2, 0.25) is 0 Å². The van der Waals surface area contributed by atoms with Crippen molar-refractivity contribution < 1.29 is 23.6 Å². The fraction of sp³-hybridized carbons (Fsp3) is 0.765.